The van der Waals surface area contributed by atoms with E-state index in [9.17, 15) is 14.4 Å². The van der Waals surface area contributed by atoms with Crippen LogP contribution in [0.1, 0.15) is 33.1 Å². The van der Waals surface area contributed by atoms with Crippen LogP contribution in [0.25, 0.3) is 0 Å². The summed E-state index contributed by atoms with van der Waals surface area (Å²) in [6.07, 6.45) is 1.76. The second-order valence-electron chi connectivity index (χ2n) is 3.90. The van der Waals surface area contributed by atoms with Gasteiger partial charge in [-0.25, -0.2) is 4.79 Å². The van der Waals surface area contributed by atoms with Gasteiger partial charge in [-0.2, -0.15) is 0 Å². The van der Waals surface area contributed by atoms with Gasteiger partial charge in [0.25, 0.3) is 5.91 Å². The van der Waals surface area contributed by atoms with Crippen LogP contribution in [0, 0.1) is 0 Å². The lowest BCUT2D eigenvalue weighted by Crippen LogP contribution is -2.46. The van der Waals surface area contributed by atoms with Crippen molar-refractivity contribution in [3.8, 4) is 0 Å². The Morgan fingerprint density at radius 1 is 1.44 bits per heavy atom. The van der Waals surface area contributed by atoms with Crippen molar-refractivity contribution in [3.63, 3.8) is 0 Å². The molecule has 0 saturated carbocycles. The van der Waals surface area contributed by atoms with E-state index in [0.29, 0.717) is 12.8 Å². The van der Waals surface area contributed by atoms with Crippen molar-refractivity contribution >= 4 is 17.9 Å². The molecule has 0 spiro atoms. The lowest BCUT2D eigenvalue weighted by atomic mass is 9.91. The fourth-order valence-electron chi connectivity index (χ4n) is 1.97. The van der Waals surface area contributed by atoms with E-state index in [-0.39, 0.29) is 0 Å². The summed E-state index contributed by atoms with van der Waals surface area (Å²) < 4.78 is 0. The van der Waals surface area contributed by atoms with E-state index < -0.39 is 30.0 Å². The maximum atomic E-state index is 12.0. The number of amides is 3. The standard InChI is InChI=1S/C10H16N2O4/c1-3-5-10(4-2)8(15)12(6-7(13)14)9(16)11-10/h3-6H2,1-2H3,(H,11,16)(H,13,14). The quantitative estimate of drug-likeness (QED) is 0.673. The summed E-state index contributed by atoms with van der Waals surface area (Å²) in [6, 6.07) is -0.609. The molecule has 1 aliphatic rings. The molecule has 0 aromatic rings. The molecule has 0 aromatic carbocycles. The Bertz CT molecular complexity index is 329. The zero-order valence-corrected chi connectivity index (χ0v) is 9.45. The summed E-state index contributed by atoms with van der Waals surface area (Å²) in [5.74, 6) is -1.61. The Hall–Kier alpha value is -1.59. The molecule has 1 rings (SSSR count). The molecule has 1 atom stereocenters. The van der Waals surface area contributed by atoms with Gasteiger partial charge in [-0.3, -0.25) is 14.5 Å². The molecule has 1 unspecified atom stereocenters. The number of carboxylic acids is 1. The van der Waals surface area contributed by atoms with Gasteiger partial charge >= 0.3 is 12.0 Å². The molecule has 3 amide bonds. The Kier molecular flexibility index (Phi) is 3.51. The van der Waals surface area contributed by atoms with Crippen molar-refractivity contribution < 1.29 is 19.5 Å². The molecular formula is C10H16N2O4. The second-order valence-corrected chi connectivity index (χ2v) is 3.90. The van der Waals surface area contributed by atoms with E-state index >= 15 is 0 Å². The molecule has 16 heavy (non-hydrogen) atoms. The molecule has 1 aliphatic heterocycles. The average Bonchev–Trinajstić information content (AvgIpc) is 2.44. The van der Waals surface area contributed by atoms with Gasteiger partial charge in [-0.1, -0.05) is 20.3 Å². The van der Waals surface area contributed by atoms with Crippen molar-refractivity contribution in [2.45, 2.75) is 38.6 Å². The van der Waals surface area contributed by atoms with Crippen LogP contribution in [0.4, 0.5) is 4.79 Å². The number of carbonyl (C=O) groups excluding carboxylic acids is 2. The molecule has 0 aliphatic carbocycles. The summed E-state index contributed by atoms with van der Waals surface area (Å²) in [4.78, 5) is 34.8. The predicted octanol–water partition coefficient (Wildman–Crippen LogP) is 0.572. The number of rotatable bonds is 5. The van der Waals surface area contributed by atoms with Crippen molar-refractivity contribution in [1.82, 2.24) is 10.2 Å². The number of imide groups is 1. The van der Waals surface area contributed by atoms with Crippen LogP contribution in [-0.4, -0.2) is 40.0 Å². The van der Waals surface area contributed by atoms with Crippen LogP contribution in [0.3, 0.4) is 0 Å². The molecule has 0 radical (unpaired) electrons. The van der Waals surface area contributed by atoms with Gasteiger partial charge in [0.1, 0.15) is 12.1 Å². The summed E-state index contributed by atoms with van der Waals surface area (Å²) in [6.45, 7) is 3.14. The lowest BCUT2D eigenvalue weighted by Gasteiger charge is -2.24. The molecule has 90 valence electrons. The molecule has 2 N–H and O–H groups in total. The van der Waals surface area contributed by atoms with E-state index in [1.165, 1.54) is 0 Å². The SMILES string of the molecule is CCCC1(CC)NC(=O)N(CC(=O)O)C1=O. The fourth-order valence-corrected chi connectivity index (χ4v) is 1.97. The Morgan fingerprint density at radius 2 is 2.06 bits per heavy atom. The first-order valence-electron chi connectivity index (χ1n) is 5.32. The van der Waals surface area contributed by atoms with Gasteiger partial charge in [0, 0.05) is 0 Å². The van der Waals surface area contributed by atoms with Gasteiger partial charge in [-0.05, 0) is 12.8 Å². The number of urea groups is 1. The third-order valence-corrected chi connectivity index (χ3v) is 2.82. The summed E-state index contributed by atoms with van der Waals surface area (Å²) in [7, 11) is 0. The third kappa shape index (κ3) is 2.00. The maximum absolute atomic E-state index is 12.0. The summed E-state index contributed by atoms with van der Waals surface area (Å²) in [5, 5.41) is 11.2. The smallest absolute Gasteiger partial charge is 0.325 e. The van der Waals surface area contributed by atoms with Crippen molar-refractivity contribution in [2.24, 2.45) is 0 Å². The van der Waals surface area contributed by atoms with Gasteiger partial charge in [0.15, 0.2) is 0 Å². The van der Waals surface area contributed by atoms with E-state index in [1.807, 2.05) is 6.92 Å². The average molecular weight is 228 g/mol. The Morgan fingerprint density at radius 3 is 2.50 bits per heavy atom. The highest BCUT2D eigenvalue weighted by atomic mass is 16.4. The van der Waals surface area contributed by atoms with Crippen LogP contribution in [-0.2, 0) is 9.59 Å². The highest BCUT2D eigenvalue weighted by Gasteiger charge is 2.49. The minimum absolute atomic E-state index is 0.427. The highest BCUT2D eigenvalue weighted by molar-refractivity contribution is 6.08. The maximum Gasteiger partial charge on any atom is 0.325 e. The largest absolute Gasteiger partial charge is 0.480 e. The number of carbonyl (C=O) groups is 3. The van der Waals surface area contributed by atoms with Gasteiger partial charge in [0.05, 0.1) is 0 Å². The number of aliphatic carboxylic acids is 1. The molecule has 1 fully saturated rings. The van der Waals surface area contributed by atoms with Crippen LogP contribution >= 0.6 is 0 Å². The third-order valence-electron chi connectivity index (χ3n) is 2.82. The molecule has 6 heteroatoms. The van der Waals surface area contributed by atoms with Crippen LogP contribution < -0.4 is 5.32 Å². The summed E-state index contributed by atoms with van der Waals surface area (Å²) >= 11 is 0. The van der Waals surface area contributed by atoms with Crippen molar-refractivity contribution in [2.75, 3.05) is 6.54 Å². The number of nitrogens with zero attached hydrogens (tertiary/aromatic N) is 1. The normalized spacial score (nSPS) is 24.8. The minimum atomic E-state index is -1.19. The molecule has 1 heterocycles. The second kappa shape index (κ2) is 4.51. The molecule has 6 nitrogen and oxygen atoms in total. The number of hydrogen-bond donors (Lipinski definition) is 2. The lowest BCUT2D eigenvalue weighted by molar-refractivity contribution is -0.143. The number of nitrogens with one attached hydrogen (secondary N) is 1. The first-order valence-corrected chi connectivity index (χ1v) is 5.32. The summed E-state index contributed by atoms with van der Waals surface area (Å²) in [5.41, 5.74) is -0.902. The molecule has 0 aromatic heterocycles. The van der Waals surface area contributed by atoms with Crippen LogP contribution in [0.2, 0.25) is 0 Å². The molecular weight excluding hydrogens is 212 g/mol. The molecule has 1 saturated heterocycles. The first kappa shape index (κ1) is 12.5. The van der Waals surface area contributed by atoms with E-state index in [1.54, 1.807) is 6.92 Å². The van der Waals surface area contributed by atoms with E-state index in [0.717, 1.165) is 11.3 Å². The van der Waals surface area contributed by atoms with Crippen LogP contribution in [0.15, 0.2) is 0 Å². The predicted molar refractivity (Wildman–Crippen MR) is 55.8 cm³/mol. The van der Waals surface area contributed by atoms with E-state index in [2.05, 4.69) is 5.32 Å². The van der Waals surface area contributed by atoms with Gasteiger partial charge in [-0.15, -0.1) is 0 Å². The van der Waals surface area contributed by atoms with Crippen LogP contribution in [0.5, 0.6) is 0 Å². The Balaban J connectivity index is 2.91. The zero-order valence-electron chi connectivity index (χ0n) is 9.45. The highest BCUT2D eigenvalue weighted by Crippen LogP contribution is 2.26. The van der Waals surface area contributed by atoms with Crippen molar-refractivity contribution in [3.05, 3.63) is 0 Å². The molecule has 0 bridgehead atoms. The monoisotopic (exact) mass is 228 g/mol. The fraction of sp³-hybridized carbons (Fsp3) is 0.700. The minimum Gasteiger partial charge on any atom is -0.480 e. The van der Waals surface area contributed by atoms with Gasteiger partial charge < -0.3 is 10.4 Å². The first-order chi connectivity index (χ1) is 7.46. The van der Waals surface area contributed by atoms with Gasteiger partial charge in [0.2, 0.25) is 0 Å². The topological polar surface area (TPSA) is 86.7 Å². The number of hydrogen-bond acceptors (Lipinski definition) is 3. The van der Waals surface area contributed by atoms with E-state index in [4.69, 9.17) is 5.11 Å². The van der Waals surface area contributed by atoms with Crippen molar-refractivity contribution in [1.29, 1.82) is 0 Å². The zero-order chi connectivity index (χ0) is 12.3. The number of carboxylic acid groups (broad SMARTS) is 1. The Labute approximate surface area is 93.6 Å².